The third-order valence-electron chi connectivity index (χ3n) is 5.36. The van der Waals surface area contributed by atoms with E-state index in [1.165, 1.54) is 21.1 Å². The number of pyridine rings is 1. The molecule has 2 amide bonds. The fourth-order valence-electron chi connectivity index (χ4n) is 3.67. The van der Waals surface area contributed by atoms with Crippen LogP contribution in [0, 0.1) is 5.92 Å². The molecule has 0 aliphatic carbocycles. The second kappa shape index (κ2) is 11.4. The van der Waals surface area contributed by atoms with Gasteiger partial charge in [0.25, 0.3) is 5.56 Å². The molecule has 8 nitrogen and oxygen atoms in total. The van der Waals surface area contributed by atoms with Crippen molar-refractivity contribution in [3.8, 4) is 0 Å². The number of allylic oxidation sites excluding steroid dienone is 1. The van der Waals surface area contributed by atoms with E-state index in [-0.39, 0.29) is 36.0 Å². The Labute approximate surface area is 199 Å². The predicted molar refractivity (Wildman–Crippen MR) is 135 cm³/mol. The summed E-state index contributed by atoms with van der Waals surface area (Å²) in [5.41, 5.74) is 3.03. The minimum Gasteiger partial charge on any atom is -0.345 e. The number of nitrogens with zero attached hydrogens (tertiary/aromatic N) is 3. The molecule has 2 heterocycles. The number of aromatic amines is 1. The highest BCUT2D eigenvalue weighted by molar-refractivity contribution is 5.90. The van der Waals surface area contributed by atoms with Crippen LogP contribution in [0.3, 0.4) is 0 Å². The molecule has 2 aromatic heterocycles. The van der Waals surface area contributed by atoms with Crippen LogP contribution in [0.25, 0.3) is 11.0 Å². The van der Waals surface area contributed by atoms with Crippen LogP contribution in [0.2, 0.25) is 0 Å². The highest BCUT2D eigenvalue weighted by Gasteiger charge is 2.12. The summed E-state index contributed by atoms with van der Waals surface area (Å²) in [4.78, 5) is 46.2. The van der Waals surface area contributed by atoms with E-state index in [1.54, 1.807) is 38.5 Å². The van der Waals surface area contributed by atoms with Crippen LogP contribution >= 0.6 is 0 Å². The van der Waals surface area contributed by atoms with Crippen LogP contribution in [-0.4, -0.2) is 45.3 Å². The van der Waals surface area contributed by atoms with Crippen LogP contribution in [0.4, 0.5) is 5.69 Å². The number of rotatable bonds is 10. The largest absolute Gasteiger partial charge is 0.345 e. The van der Waals surface area contributed by atoms with Crippen LogP contribution in [0.5, 0.6) is 0 Å². The van der Waals surface area contributed by atoms with Crippen molar-refractivity contribution in [3.05, 3.63) is 70.4 Å². The van der Waals surface area contributed by atoms with Crippen LogP contribution in [0.15, 0.2) is 53.5 Å². The number of para-hydroxylation sites is 1. The van der Waals surface area contributed by atoms with Gasteiger partial charge in [-0.2, -0.15) is 0 Å². The number of likely N-dealkylation sites (N-methyl/N-ethyl adjacent to an activating group) is 1. The molecule has 8 heteroatoms. The van der Waals surface area contributed by atoms with Crippen LogP contribution in [0.1, 0.15) is 44.5 Å². The van der Waals surface area contributed by atoms with E-state index in [9.17, 15) is 14.4 Å². The Morgan fingerprint density at radius 3 is 2.74 bits per heavy atom. The summed E-state index contributed by atoms with van der Waals surface area (Å²) < 4.78 is 1.53. The zero-order chi connectivity index (χ0) is 24.7. The monoisotopic (exact) mass is 463 g/mol. The van der Waals surface area contributed by atoms with Gasteiger partial charge in [-0.05, 0) is 55.0 Å². The van der Waals surface area contributed by atoms with Crippen molar-refractivity contribution in [1.82, 2.24) is 19.4 Å². The number of hydrogen-bond acceptors (Lipinski definition) is 4. The minimum absolute atomic E-state index is 0.0881. The number of carbonyl (C=O) groups is 2. The third kappa shape index (κ3) is 6.66. The van der Waals surface area contributed by atoms with Crippen molar-refractivity contribution in [2.75, 3.05) is 19.4 Å². The van der Waals surface area contributed by atoms with Gasteiger partial charge in [-0.25, -0.2) is 4.98 Å². The van der Waals surface area contributed by atoms with E-state index in [2.05, 4.69) is 30.2 Å². The Kier molecular flexibility index (Phi) is 8.40. The van der Waals surface area contributed by atoms with Gasteiger partial charge in [-0.15, -0.1) is 0 Å². The molecule has 0 atom stereocenters. The van der Waals surface area contributed by atoms with Crippen molar-refractivity contribution in [3.63, 3.8) is 0 Å². The molecule has 0 radical (unpaired) electrons. The topological polar surface area (TPSA) is 100 Å². The van der Waals surface area contributed by atoms with Crippen LogP contribution in [-0.2, 0) is 22.6 Å². The number of benzene rings is 1. The molecule has 3 rings (SSSR count). The number of aromatic nitrogens is 3. The summed E-state index contributed by atoms with van der Waals surface area (Å²) in [5.74, 6) is 0.889. The summed E-state index contributed by atoms with van der Waals surface area (Å²) in [6.07, 6.45) is 7.33. The lowest BCUT2D eigenvalue weighted by Crippen LogP contribution is -2.26. The van der Waals surface area contributed by atoms with E-state index in [0.717, 1.165) is 17.5 Å². The van der Waals surface area contributed by atoms with E-state index in [1.807, 2.05) is 12.1 Å². The minimum atomic E-state index is -0.282. The second-order valence-corrected chi connectivity index (χ2v) is 9.03. The SMILES string of the molecule is CC(C)Cc1cccc2[nH]c(Cn3cccc(NC(=O)CCC/C=C/C(=O)N(C)C)c3=O)nc12. The Hall–Kier alpha value is -3.68. The quantitative estimate of drug-likeness (QED) is 0.353. The number of imidazole rings is 1. The van der Waals surface area contributed by atoms with Gasteiger partial charge < -0.3 is 19.8 Å². The molecule has 3 aromatic rings. The molecule has 0 aliphatic heterocycles. The predicted octanol–water partition coefficient (Wildman–Crippen LogP) is 3.72. The third-order valence-corrected chi connectivity index (χ3v) is 5.36. The Balaban J connectivity index is 1.63. The highest BCUT2D eigenvalue weighted by Crippen LogP contribution is 2.20. The van der Waals surface area contributed by atoms with Gasteiger partial charge in [0.15, 0.2) is 0 Å². The first-order valence-electron chi connectivity index (χ1n) is 11.6. The summed E-state index contributed by atoms with van der Waals surface area (Å²) in [7, 11) is 3.37. The lowest BCUT2D eigenvalue weighted by Gasteiger charge is -2.08. The van der Waals surface area contributed by atoms with Gasteiger partial charge >= 0.3 is 0 Å². The maximum absolute atomic E-state index is 12.9. The van der Waals surface area contributed by atoms with Crippen molar-refractivity contribution in [1.29, 1.82) is 0 Å². The summed E-state index contributed by atoms with van der Waals surface area (Å²) >= 11 is 0. The number of nitrogens with one attached hydrogen (secondary N) is 2. The standard InChI is InChI=1S/C26H33N5O3/c1-18(2)16-19-10-8-11-20-25(19)29-22(27-20)17-31-15-9-12-21(26(31)34)28-23(32)13-6-5-7-14-24(33)30(3)4/h7-12,14-15,18H,5-6,13,16-17H2,1-4H3,(H,27,29)(H,28,32)/b14-7+. The molecule has 0 saturated heterocycles. The van der Waals surface area contributed by atoms with E-state index < -0.39 is 0 Å². The first-order chi connectivity index (χ1) is 16.2. The first-order valence-corrected chi connectivity index (χ1v) is 11.6. The highest BCUT2D eigenvalue weighted by atomic mass is 16.2. The van der Waals surface area contributed by atoms with Gasteiger partial charge in [-0.1, -0.05) is 32.1 Å². The van der Waals surface area contributed by atoms with Crippen molar-refractivity contribution >= 4 is 28.5 Å². The number of hydrogen-bond donors (Lipinski definition) is 2. The Morgan fingerprint density at radius 2 is 2.00 bits per heavy atom. The Bertz CT molecular complexity index is 1240. The van der Waals surface area contributed by atoms with Crippen molar-refractivity contribution < 1.29 is 9.59 Å². The number of fused-ring (bicyclic) bond motifs is 1. The zero-order valence-corrected chi connectivity index (χ0v) is 20.3. The number of anilines is 1. The van der Waals surface area contributed by atoms with Gasteiger partial charge in [0.1, 0.15) is 11.5 Å². The molecule has 0 fully saturated rings. The average molecular weight is 464 g/mol. The molecular formula is C26H33N5O3. The molecule has 0 saturated carbocycles. The molecule has 0 unspecified atom stereocenters. The molecule has 0 bridgehead atoms. The normalized spacial score (nSPS) is 11.4. The zero-order valence-electron chi connectivity index (χ0n) is 20.3. The van der Waals surface area contributed by atoms with Gasteiger partial charge in [0, 0.05) is 26.7 Å². The molecule has 0 spiro atoms. The van der Waals surface area contributed by atoms with Crippen LogP contribution < -0.4 is 10.9 Å². The van der Waals surface area contributed by atoms with Gasteiger partial charge in [-0.3, -0.25) is 14.4 Å². The second-order valence-electron chi connectivity index (χ2n) is 9.03. The lowest BCUT2D eigenvalue weighted by molar-refractivity contribution is -0.123. The van der Waals surface area contributed by atoms with E-state index in [4.69, 9.17) is 4.98 Å². The lowest BCUT2D eigenvalue weighted by atomic mass is 10.0. The number of carbonyl (C=O) groups excluding carboxylic acids is 2. The molecule has 180 valence electrons. The first kappa shape index (κ1) is 25.0. The summed E-state index contributed by atoms with van der Waals surface area (Å²) in [6.45, 7) is 4.63. The van der Waals surface area contributed by atoms with Crippen molar-refractivity contribution in [2.45, 2.75) is 46.1 Å². The van der Waals surface area contributed by atoms with Gasteiger partial charge in [0.05, 0.1) is 17.6 Å². The summed E-state index contributed by atoms with van der Waals surface area (Å²) in [6, 6.07) is 9.43. The smallest absolute Gasteiger partial charge is 0.274 e. The molecule has 34 heavy (non-hydrogen) atoms. The number of H-pyrrole nitrogens is 1. The fourth-order valence-corrected chi connectivity index (χ4v) is 3.67. The molecule has 0 aliphatic rings. The van der Waals surface area contributed by atoms with E-state index in [0.29, 0.717) is 24.6 Å². The number of unbranched alkanes of at least 4 members (excludes halogenated alkanes) is 1. The van der Waals surface area contributed by atoms with Crippen molar-refractivity contribution in [2.24, 2.45) is 5.92 Å². The fraction of sp³-hybridized carbons (Fsp3) is 0.385. The van der Waals surface area contributed by atoms with Gasteiger partial charge in [0.2, 0.25) is 11.8 Å². The molecule has 1 aromatic carbocycles. The Morgan fingerprint density at radius 1 is 1.21 bits per heavy atom. The maximum atomic E-state index is 12.9. The average Bonchev–Trinajstić information content (AvgIpc) is 3.19. The summed E-state index contributed by atoms with van der Waals surface area (Å²) in [5, 5.41) is 2.71. The molecule has 2 N–H and O–H groups in total. The maximum Gasteiger partial charge on any atom is 0.274 e. The number of amides is 2. The molecular weight excluding hydrogens is 430 g/mol. The van der Waals surface area contributed by atoms with E-state index >= 15 is 0 Å².